The van der Waals surface area contributed by atoms with Crippen LogP contribution in [0.2, 0.25) is 0 Å². The topological polar surface area (TPSA) is 32.3 Å². The van der Waals surface area contributed by atoms with Gasteiger partial charge in [-0.05, 0) is 45.6 Å². The zero-order chi connectivity index (χ0) is 13.8. The molecular weight excluding hydrogens is 292 g/mol. The Morgan fingerprint density at radius 2 is 1.83 bits per heavy atom. The largest absolute Gasteiger partial charge is 0.350 e. The van der Waals surface area contributed by atoms with E-state index in [1.54, 1.807) is 0 Å². The second-order valence-corrected chi connectivity index (χ2v) is 5.78. The van der Waals surface area contributed by atoms with Crippen molar-refractivity contribution >= 4 is 21.8 Å². The van der Waals surface area contributed by atoms with Gasteiger partial charge in [-0.2, -0.15) is 0 Å². The molecule has 1 aromatic carbocycles. The minimum Gasteiger partial charge on any atom is -0.350 e. The van der Waals surface area contributed by atoms with E-state index in [4.69, 9.17) is 0 Å². The molecule has 0 saturated carbocycles. The number of likely N-dealkylation sites (N-methyl/N-ethyl adjacent to an activating group) is 1. The van der Waals surface area contributed by atoms with Gasteiger partial charge in [0.15, 0.2) is 0 Å². The van der Waals surface area contributed by atoms with E-state index in [9.17, 15) is 4.79 Å². The molecule has 1 N–H and O–H groups in total. The zero-order valence-corrected chi connectivity index (χ0v) is 13.0. The van der Waals surface area contributed by atoms with Crippen LogP contribution in [0.25, 0.3) is 0 Å². The molecule has 0 aliphatic rings. The van der Waals surface area contributed by atoms with Crippen LogP contribution in [0.5, 0.6) is 0 Å². The molecule has 1 aromatic rings. The maximum atomic E-state index is 12.0. The lowest BCUT2D eigenvalue weighted by molar-refractivity contribution is 0.0919. The van der Waals surface area contributed by atoms with Crippen molar-refractivity contribution in [2.75, 3.05) is 20.6 Å². The molecular formula is C14H21BrN2O. The van der Waals surface area contributed by atoms with Crippen LogP contribution in [0.4, 0.5) is 0 Å². The van der Waals surface area contributed by atoms with Crippen LogP contribution in [-0.4, -0.2) is 37.0 Å². The molecule has 0 atom stereocenters. The van der Waals surface area contributed by atoms with E-state index in [2.05, 4.69) is 40.0 Å². The maximum Gasteiger partial charge on any atom is 0.251 e. The summed E-state index contributed by atoms with van der Waals surface area (Å²) in [7, 11) is 4.02. The quantitative estimate of drug-likeness (QED) is 0.848. The number of hydrogen-bond donors (Lipinski definition) is 1. The minimum atomic E-state index is -0.0501. The van der Waals surface area contributed by atoms with Gasteiger partial charge in [-0.15, -0.1) is 0 Å². The summed E-state index contributed by atoms with van der Waals surface area (Å²) >= 11 is 3.39. The lowest BCUT2D eigenvalue weighted by Crippen LogP contribution is -2.48. The van der Waals surface area contributed by atoms with Crippen LogP contribution in [0.3, 0.4) is 0 Å². The first-order chi connectivity index (χ1) is 8.36. The van der Waals surface area contributed by atoms with Crippen LogP contribution >= 0.6 is 15.9 Å². The zero-order valence-electron chi connectivity index (χ0n) is 11.5. The predicted molar refractivity (Wildman–Crippen MR) is 79.2 cm³/mol. The number of alkyl halides is 1. The molecule has 0 fully saturated rings. The van der Waals surface area contributed by atoms with E-state index in [1.165, 1.54) is 5.56 Å². The summed E-state index contributed by atoms with van der Waals surface area (Å²) in [5.41, 5.74) is 1.82. The van der Waals surface area contributed by atoms with Gasteiger partial charge in [0.2, 0.25) is 0 Å². The van der Waals surface area contributed by atoms with Gasteiger partial charge in [0.25, 0.3) is 5.91 Å². The Morgan fingerprint density at radius 3 is 2.28 bits per heavy atom. The van der Waals surface area contributed by atoms with Crippen molar-refractivity contribution in [3.8, 4) is 0 Å². The molecule has 0 radical (unpaired) electrons. The fourth-order valence-corrected chi connectivity index (χ4v) is 1.68. The summed E-state index contributed by atoms with van der Waals surface area (Å²) in [6.45, 7) is 4.82. The minimum absolute atomic E-state index is 0.0222. The van der Waals surface area contributed by atoms with E-state index < -0.39 is 0 Å². The van der Waals surface area contributed by atoms with Crippen molar-refractivity contribution in [3.05, 3.63) is 35.4 Å². The van der Waals surface area contributed by atoms with Crippen LogP contribution in [0.15, 0.2) is 24.3 Å². The third kappa shape index (κ3) is 4.10. The smallest absolute Gasteiger partial charge is 0.251 e. The first-order valence-electron chi connectivity index (χ1n) is 5.97. The van der Waals surface area contributed by atoms with Crippen LogP contribution < -0.4 is 5.32 Å². The highest BCUT2D eigenvalue weighted by Crippen LogP contribution is 2.10. The number of hydrogen-bond acceptors (Lipinski definition) is 2. The number of nitrogens with zero attached hydrogens (tertiary/aromatic N) is 1. The summed E-state index contributed by atoms with van der Waals surface area (Å²) in [4.78, 5) is 14.1. The van der Waals surface area contributed by atoms with Crippen molar-refractivity contribution in [2.24, 2.45) is 0 Å². The molecule has 1 amide bonds. The van der Waals surface area contributed by atoms with Gasteiger partial charge in [0.1, 0.15) is 0 Å². The Labute approximate surface area is 118 Å². The number of amides is 1. The summed E-state index contributed by atoms with van der Waals surface area (Å²) in [5.74, 6) is -0.0222. The van der Waals surface area contributed by atoms with Crippen LogP contribution in [-0.2, 0) is 5.33 Å². The first-order valence-corrected chi connectivity index (χ1v) is 7.09. The van der Waals surface area contributed by atoms with Crippen molar-refractivity contribution in [2.45, 2.75) is 24.7 Å². The number of halogens is 1. The van der Waals surface area contributed by atoms with Gasteiger partial charge in [-0.1, -0.05) is 28.1 Å². The number of nitrogens with one attached hydrogen (secondary N) is 1. The normalized spacial score (nSPS) is 11.7. The Kier molecular flexibility index (Phi) is 5.35. The monoisotopic (exact) mass is 312 g/mol. The van der Waals surface area contributed by atoms with Crippen molar-refractivity contribution in [1.82, 2.24) is 10.2 Å². The molecule has 1 rings (SSSR count). The number of carbonyl (C=O) groups is 1. The molecule has 4 heteroatoms. The average molecular weight is 313 g/mol. The standard InChI is InChI=1S/C14H21BrN2O/c1-14(2,17(3)4)10-16-13(18)12-7-5-11(9-15)6-8-12/h5-8H,9-10H2,1-4H3,(H,16,18). The van der Waals surface area contributed by atoms with Crippen molar-refractivity contribution < 1.29 is 4.79 Å². The molecule has 100 valence electrons. The van der Waals surface area contributed by atoms with E-state index in [0.29, 0.717) is 12.1 Å². The van der Waals surface area contributed by atoms with Gasteiger partial charge in [0.05, 0.1) is 0 Å². The van der Waals surface area contributed by atoms with Crippen LogP contribution in [0.1, 0.15) is 29.8 Å². The van der Waals surface area contributed by atoms with E-state index in [-0.39, 0.29) is 11.4 Å². The lowest BCUT2D eigenvalue weighted by Gasteiger charge is -2.32. The third-order valence-electron chi connectivity index (χ3n) is 3.26. The van der Waals surface area contributed by atoms with Crippen LogP contribution in [0, 0.1) is 0 Å². The lowest BCUT2D eigenvalue weighted by atomic mass is 10.0. The molecule has 0 aliphatic carbocycles. The first kappa shape index (κ1) is 15.2. The highest BCUT2D eigenvalue weighted by molar-refractivity contribution is 9.08. The molecule has 0 saturated heterocycles. The Balaban J connectivity index is 2.60. The number of rotatable bonds is 5. The molecule has 0 unspecified atom stereocenters. The van der Waals surface area contributed by atoms with Gasteiger partial charge >= 0.3 is 0 Å². The molecule has 0 aromatic heterocycles. The summed E-state index contributed by atoms with van der Waals surface area (Å²) in [6, 6.07) is 7.63. The van der Waals surface area contributed by atoms with E-state index in [0.717, 1.165) is 5.33 Å². The van der Waals surface area contributed by atoms with Gasteiger partial charge < -0.3 is 10.2 Å². The fraction of sp³-hybridized carbons (Fsp3) is 0.500. The molecule has 0 spiro atoms. The molecule has 3 nitrogen and oxygen atoms in total. The van der Waals surface area contributed by atoms with E-state index >= 15 is 0 Å². The molecule has 0 heterocycles. The predicted octanol–water partition coefficient (Wildman–Crippen LogP) is 2.65. The third-order valence-corrected chi connectivity index (χ3v) is 3.91. The Hall–Kier alpha value is -0.870. The highest BCUT2D eigenvalue weighted by Gasteiger charge is 2.21. The summed E-state index contributed by atoms with van der Waals surface area (Å²) < 4.78 is 0. The SMILES string of the molecule is CN(C)C(C)(C)CNC(=O)c1ccc(CBr)cc1. The second kappa shape index (κ2) is 6.34. The van der Waals surface area contributed by atoms with Gasteiger partial charge in [-0.3, -0.25) is 4.79 Å². The number of carbonyl (C=O) groups excluding carboxylic acids is 1. The van der Waals surface area contributed by atoms with Crippen molar-refractivity contribution in [3.63, 3.8) is 0 Å². The summed E-state index contributed by atoms with van der Waals surface area (Å²) in [5, 5.41) is 3.77. The Bertz CT molecular complexity index is 399. The molecule has 0 bridgehead atoms. The molecule has 0 aliphatic heterocycles. The average Bonchev–Trinajstić information content (AvgIpc) is 2.36. The highest BCUT2D eigenvalue weighted by atomic mass is 79.9. The Morgan fingerprint density at radius 1 is 1.28 bits per heavy atom. The fourth-order valence-electron chi connectivity index (χ4n) is 1.30. The van der Waals surface area contributed by atoms with Gasteiger partial charge in [-0.25, -0.2) is 0 Å². The van der Waals surface area contributed by atoms with Crippen molar-refractivity contribution in [1.29, 1.82) is 0 Å². The maximum absolute atomic E-state index is 12.0. The van der Waals surface area contributed by atoms with Gasteiger partial charge in [0, 0.05) is 23.0 Å². The second-order valence-electron chi connectivity index (χ2n) is 5.22. The number of benzene rings is 1. The van der Waals surface area contributed by atoms with E-state index in [1.807, 2.05) is 38.4 Å². The summed E-state index contributed by atoms with van der Waals surface area (Å²) in [6.07, 6.45) is 0. The molecule has 18 heavy (non-hydrogen) atoms.